The third-order valence-corrected chi connectivity index (χ3v) is 5.08. The molecule has 0 aromatic carbocycles. The van der Waals surface area contributed by atoms with Crippen molar-refractivity contribution in [1.29, 1.82) is 0 Å². The van der Waals surface area contributed by atoms with Gasteiger partial charge in [0, 0.05) is 6.42 Å². The number of carbonyl (C=O) groups is 1. The summed E-state index contributed by atoms with van der Waals surface area (Å²) in [6, 6.07) is 0. The van der Waals surface area contributed by atoms with Crippen molar-refractivity contribution in [3.05, 3.63) is 0 Å². The Morgan fingerprint density at radius 1 is 1.35 bits per heavy atom. The average molecular weight is 277 g/mol. The van der Waals surface area contributed by atoms with Gasteiger partial charge in [-0.2, -0.15) is 0 Å². The van der Waals surface area contributed by atoms with Crippen LogP contribution in [0, 0.1) is 0 Å². The van der Waals surface area contributed by atoms with Crippen LogP contribution in [0.5, 0.6) is 0 Å². The zero-order valence-electron chi connectivity index (χ0n) is 9.76. The van der Waals surface area contributed by atoms with Crippen LogP contribution >= 0.6 is 11.3 Å². The van der Waals surface area contributed by atoms with Gasteiger partial charge in [0.15, 0.2) is 0 Å². The molecule has 1 aromatic heterocycles. The SMILES string of the molecule is CCCCC(=O)Nc1nnc(S(=O)(=O)CC)s1. The lowest BCUT2D eigenvalue weighted by atomic mass is 10.2. The van der Waals surface area contributed by atoms with Crippen molar-refractivity contribution in [1.82, 2.24) is 10.2 Å². The summed E-state index contributed by atoms with van der Waals surface area (Å²) in [5.41, 5.74) is 0. The van der Waals surface area contributed by atoms with Gasteiger partial charge in [-0.15, -0.1) is 10.2 Å². The molecule has 0 spiro atoms. The Morgan fingerprint density at radius 3 is 2.65 bits per heavy atom. The summed E-state index contributed by atoms with van der Waals surface area (Å²) in [5, 5.41) is 9.96. The third kappa shape index (κ3) is 4.04. The van der Waals surface area contributed by atoms with Gasteiger partial charge in [0.1, 0.15) is 0 Å². The molecule has 0 aliphatic heterocycles. The van der Waals surface area contributed by atoms with Crippen LogP contribution in [-0.4, -0.2) is 30.3 Å². The monoisotopic (exact) mass is 277 g/mol. The number of anilines is 1. The maximum atomic E-state index is 11.5. The number of nitrogens with zero attached hydrogens (tertiary/aromatic N) is 2. The summed E-state index contributed by atoms with van der Waals surface area (Å²) in [6.45, 7) is 3.53. The number of unbranched alkanes of at least 4 members (excludes halogenated alkanes) is 1. The van der Waals surface area contributed by atoms with Gasteiger partial charge in [-0.1, -0.05) is 31.6 Å². The van der Waals surface area contributed by atoms with Crippen LogP contribution in [0.15, 0.2) is 4.34 Å². The molecule has 0 aliphatic carbocycles. The standard InChI is InChI=1S/C9H15N3O3S2/c1-3-5-6-7(13)10-8-11-12-9(16-8)17(14,15)4-2/h3-6H2,1-2H3,(H,10,11,13). The maximum Gasteiger partial charge on any atom is 0.234 e. The van der Waals surface area contributed by atoms with Crippen LogP contribution in [0.1, 0.15) is 33.1 Å². The van der Waals surface area contributed by atoms with Crippen LogP contribution in [0.3, 0.4) is 0 Å². The number of rotatable bonds is 6. The summed E-state index contributed by atoms with van der Waals surface area (Å²) in [6.07, 6.45) is 2.13. The molecular formula is C9H15N3O3S2. The molecule has 0 atom stereocenters. The molecule has 8 heteroatoms. The summed E-state index contributed by atoms with van der Waals surface area (Å²) in [4.78, 5) is 11.4. The summed E-state index contributed by atoms with van der Waals surface area (Å²) >= 11 is 0.884. The van der Waals surface area contributed by atoms with Crippen LogP contribution in [-0.2, 0) is 14.6 Å². The van der Waals surface area contributed by atoms with Crippen molar-refractivity contribution in [3.63, 3.8) is 0 Å². The topological polar surface area (TPSA) is 89.0 Å². The molecule has 96 valence electrons. The van der Waals surface area contributed by atoms with E-state index in [1.54, 1.807) is 0 Å². The van der Waals surface area contributed by atoms with E-state index in [2.05, 4.69) is 15.5 Å². The Balaban J connectivity index is 2.66. The molecule has 0 aliphatic rings. The molecule has 6 nitrogen and oxygen atoms in total. The normalized spacial score (nSPS) is 11.4. The van der Waals surface area contributed by atoms with Gasteiger partial charge >= 0.3 is 0 Å². The lowest BCUT2D eigenvalue weighted by Crippen LogP contribution is -2.10. The molecule has 0 unspecified atom stereocenters. The average Bonchev–Trinajstić information content (AvgIpc) is 2.75. The molecule has 0 fully saturated rings. The van der Waals surface area contributed by atoms with Gasteiger partial charge in [0.05, 0.1) is 5.75 Å². The first-order chi connectivity index (χ1) is 7.99. The Labute approximate surface area is 104 Å². The second kappa shape index (κ2) is 6.06. The minimum atomic E-state index is -3.34. The highest BCUT2D eigenvalue weighted by molar-refractivity contribution is 7.93. The number of aromatic nitrogens is 2. The molecule has 17 heavy (non-hydrogen) atoms. The quantitative estimate of drug-likeness (QED) is 0.795. The molecule has 0 bridgehead atoms. The molecule has 1 heterocycles. The first-order valence-electron chi connectivity index (χ1n) is 5.35. The number of hydrogen-bond donors (Lipinski definition) is 1. The predicted octanol–water partition coefficient (Wildman–Crippen LogP) is 1.46. The highest BCUT2D eigenvalue weighted by Crippen LogP contribution is 2.20. The second-order valence-corrected chi connectivity index (χ2v) is 6.86. The van der Waals surface area contributed by atoms with E-state index >= 15 is 0 Å². The summed E-state index contributed by atoms with van der Waals surface area (Å²) < 4.78 is 22.9. The van der Waals surface area contributed by atoms with Gasteiger partial charge in [-0.3, -0.25) is 4.79 Å². The first-order valence-corrected chi connectivity index (χ1v) is 7.82. The van der Waals surface area contributed by atoms with Gasteiger partial charge < -0.3 is 5.32 Å². The van der Waals surface area contributed by atoms with E-state index < -0.39 is 9.84 Å². The van der Waals surface area contributed by atoms with Crippen LogP contribution in [0.4, 0.5) is 5.13 Å². The number of carbonyl (C=O) groups excluding carboxylic acids is 1. The maximum absolute atomic E-state index is 11.5. The van der Waals surface area contributed by atoms with Crippen LogP contribution < -0.4 is 5.32 Å². The number of sulfone groups is 1. The highest BCUT2D eigenvalue weighted by Gasteiger charge is 2.18. The number of nitrogens with one attached hydrogen (secondary N) is 1. The van der Waals surface area contributed by atoms with E-state index in [1.807, 2.05) is 6.92 Å². The Morgan fingerprint density at radius 2 is 2.06 bits per heavy atom. The minimum absolute atomic E-state index is 0.0224. The molecule has 0 saturated heterocycles. The van der Waals surface area contributed by atoms with Crippen LogP contribution in [0.25, 0.3) is 0 Å². The van der Waals surface area contributed by atoms with Gasteiger partial charge in [0.25, 0.3) is 0 Å². The largest absolute Gasteiger partial charge is 0.301 e. The summed E-state index contributed by atoms with van der Waals surface area (Å²) in [7, 11) is -3.34. The molecule has 1 rings (SSSR count). The second-order valence-electron chi connectivity index (χ2n) is 3.43. The molecule has 0 saturated carbocycles. The Hall–Kier alpha value is -1.02. The zero-order chi connectivity index (χ0) is 12.9. The van der Waals surface area contributed by atoms with E-state index in [9.17, 15) is 13.2 Å². The van der Waals surface area contributed by atoms with Gasteiger partial charge in [-0.25, -0.2) is 8.42 Å². The van der Waals surface area contributed by atoms with Crippen molar-refractivity contribution >= 4 is 32.2 Å². The molecular weight excluding hydrogens is 262 g/mol. The fourth-order valence-electron chi connectivity index (χ4n) is 1.03. The van der Waals surface area contributed by atoms with E-state index in [-0.39, 0.29) is 21.1 Å². The minimum Gasteiger partial charge on any atom is -0.301 e. The van der Waals surface area contributed by atoms with Crippen molar-refractivity contribution in [2.45, 2.75) is 37.4 Å². The van der Waals surface area contributed by atoms with Crippen molar-refractivity contribution in [2.24, 2.45) is 0 Å². The molecule has 1 amide bonds. The molecule has 0 radical (unpaired) electrons. The number of amides is 1. The van der Waals surface area contributed by atoms with Gasteiger partial charge in [-0.05, 0) is 6.42 Å². The lowest BCUT2D eigenvalue weighted by Gasteiger charge is -1.98. The van der Waals surface area contributed by atoms with Gasteiger partial charge in [0.2, 0.25) is 25.2 Å². The van der Waals surface area contributed by atoms with Crippen molar-refractivity contribution in [3.8, 4) is 0 Å². The third-order valence-electron chi connectivity index (χ3n) is 2.06. The lowest BCUT2D eigenvalue weighted by molar-refractivity contribution is -0.116. The Bertz CT molecular complexity index is 481. The molecule has 1 N–H and O–H groups in total. The molecule has 1 aromatic rings. The fourth-order valence-corrected chi connectivity index (χ4v) is 3.03. The number of hydrogen-bond acceptors (Lipinski definition) is 6. The first kappa shape index (κ1) is 14.0. The Kier molecular flexibility index (Phi) is 5.01. The predicted molar refractivity (Wildman–Crippen MR) is 65.8 cm³/mol. The van der Waals surface area contributed by atoms with E-state index in [0.717, 1.165) is 24.2 Å². The van der Waals surface area contributed by atoms with E-state index in [0.29, 0.717) is 6.42 Å². The van der Waals surface area contributed by atoms with E-state index in [1.165, 1.54) is 6.92 Å². The summed E-state index contributed by atoms with van der Waals surface area (Å²) in [5.74, 6) is -0.186. The fraction of sp³-hybridized carbons (Fsp3) is 0.667. The van der Waals surface area contributed by atoms with Crippen molar-refractivity contribution < 1.29 is 13.2 Å². The smallest absolute Gasteiger partial charge is 0.234 e. The van der Waals surface area contributed by atoms with E-state index in [4.69, 9.17) is 0 Å². The zero-order valence-corrected chi connectivity index (χ0v) is 11.4. The highest BCUT2D eigenvalue weighted by atomic mass is 32.2. The van der Waals surface area contributed by atoms with Crippen molar-refractivity contribution in [2.75, 3.05) is 11.1 Å². The van der Waals surface area contributed by atoms with Crippen LogP contribution in [0.2, 0.25) is 0 Å².